The summed E-state index contributed by atoms with van der Waals surface area (Å²) in [7, 11) is 0. The molecule has 1 aromatic rings. The maximum absolute atomic E-state index is 12.9. The molecule has 0 amide bonds. The maximum atomic E-state index is 12.9. The van der Waals surface area contributed by atoms with Crippen LogP contribution < -0.4 is 5.32 Å². The van der Waals surface area contributed by atoms with Gasteiger partial charge in [-0.1, -0.05) is 18.2 Å². The number of alkyl halides is 3. The van der Waals surface area contributed by atoms with Gasteiger partial charge < -0.3 is 10.4 Å². The molecule has 1 aromatic carbocycles. The minimum Gasteiger partial charge on any atom is -0.368 e. The molecular weight excluding hydrogens is 257 g/mol. The number of benzene rings is 1. The van der Waals surface area contributed by atoms with E-state index in [4.69, 9.17) is 0 Å². The number of aliphatic hydroxyl groups excluding tert-OH is 1. The first-order valence-electron chi connectivity index (χ1n) is 5.67. The Morgan fingerprint density at radius 1 is 1.21 bits per heavy atom. The van der Waals surface area contributed by atoms with Crippen molar-refractivity contribution in [3.8, 4) is 0 Å². The Balaban J connectivity index is 2.48. The van der Waals surface area contributed by atoms with Gasteiger partial charge in [-0.2, -0.15) is 13.2 Å². The van der Waals surface area contributed by atoms with Crippen molar-refractivity contribution in [1.82, 2.24) is 5.32 Å². The van der Waals surface area contributed by atoms with Crippen LogP contribution in [0.25, 0.3) is 0 Å². The van der Waals surface area contributed by atoms with E-state index in [9.17, 15) is 18.3 Å². The summed E-state index contributed by atoms with van der Waals surface area (Å²) in [6, 6.07) is 5.14. The molecule has 19 heavy (non-hydrogen) atoms. The normalized spacial score (nSPS) is 20.1. The second-order valence-electron chi connectivity index (χ2n) is 4.33. The van der Waals surface area contributed by atoms with Gasteiger partial charge in [0.15, 0.2) is 6.23 Å². The summed E-state index contributed by atoms with van der Waals surface area (Å²) in [6.45, 7) is 3.35. The molecule has 0 radical (unpaired) electrons. The van der Waals surface area contributed by atoms with Crippen LogP contribution in [-0.4, -0.2) is 17.2 Å². The Hall–Kier alpha value is -1.82. The Labute approximate surface area is 108 Å². The first kappa shape index (κ1) is 13.6. The van der Waals surface area contributed by atoms with E-state index in [0.29, 0.717) is 11.3 Å². The summed E-state index contributed by atoms with van der Waals surface area (Å²) >= 11 is 0. The Bertz CT molecular complexity index is 561. The van der Waals surface area contributed by atoms with Crippen LogP contribution in [0.15, 0.2) is 40.5 Å². The van der Waals surface area contributed by atoms with Crippen molar-refractivity contribution in [3.05, 3.63) is 46.7 Å². The van der Waals surface area contributed by atoms with E-state index >= 15 is 0 Å². The van der Waals surface area contributed by atoms with Gasteiger partial charge >= 0.3 is 6.18 Å². The fourth-order valence-electron chi connectivity index (χ4n) is 1.79. The van der Waals surface area contributed by atoms with Crippen molar-refractivity contribution in [2.75, 3.05) is 0 Å². The largest absolute Gasteiger partial charge is 0.417 e. The molecule has 102 valence electrons. The fraction of sp³-hybridized carbons (Fsp3) is 0.308. The molecule has 0 aliphatic carbocycles. The van der Waals surface area contributed by atoms with Crippen LogP contribution in [-0.2, 0) is 6.18 Å². The van der Waals surface area contributed by atoms with Crippen LogP contribution in [0.3, 0.4) is 0 Å². The van der Waals surface area contributed by atoms with Gasteiger partial charge in [-0.05, 0) is 25.5 Å². The lowest BCUT2D eigenvalue weighted by Gasteiger charge is -2.23. The number of amidine groups is 1. The molecule has 1 aliphatic heterocycles. The molecular formula is C13H13F3N2O. The standard InChI is InChI=1S/C13H13F3N2O/c1-7-8(2)17-11(18-12(7)19)9-5-3-4-6-10(9)13(14,15)16/h3-6,12,19H,1-2H3,(H,17,18). The van der Waals surface area contributed by atoms with Gasteiger partial charge in [0.2, 0.25) is 0 Å². The molecule has 0 saturated carbocycles. The molecule has 0 spiro atoms. The highest BCUT2D eigenvalue weighted by atomic mass is 19.4. The number of hydrogen-bond acceptors (Lipinski definition) is 3. The Morgan fingerprint density at radius 3 is 2.42 bits per heavy atom. The molecule has 6 heteroatoms. The van der Waals surface area contributed by atoms with Crippen LogP contribution >= 0.6 is 0 Å². The first-order valence-corrected chi connectivity index (χ1v) is 5.67. The fourth-order valence-corrected chi connectivity index (χ4v) is 1.79. The Morgan fingerprint density at radius 2 is 1.84 bits per heavy atom. The lowest BCUT2D eigenvalue weighted by atomic mass is 10.0. The number of aliphatic imine (C=N–C) groups is 1. The van der Waals surface area contributed by atoms with Gasteiger partial charge in [0.25, 0.3) is 0 Å². The number of hydrogen-bond donors (Lipinski definition) is 2. The second kappa shape index (κ2) is 4.70. The Kier molecular flexibility index (Phi) is 3.36. The molecule has 0 fully saturated rings. The summed E-state index contributed by atoms with van der Waals surface area (Å²) in [5.41, 5.74) is 0.351. The average Bonchev–Trinajstić information content (AvgIpc) is 2.34. The number of nitrogens with one attached hydrogen (secondary N) is 1. The van der Waals surface area contributed by atoms with Gasteiger partial charge in [0.05, 0.1) is 5.56 Å². The number of nitrogens with zero attached hydrogens (tertiary/aromatic N) is 1. The van der Waals surface area contributed by atoms with Crippen molar-refractivity contribution in [2.45, 2.75) is 26.3 Å². The van der Waals surface area contributed by atoms with Crippen LogP contribution in [0.1, 0.15) is 25.0 Å². The topological polar surface area (TPSA) is 44.6 Å². The molecule has 1 aliphatic rings. The third kappa shape index (κ3) is 2.63. The van der Waals surface area contributed by atoms with E-state index in [-0.39, 0.29) is 11.4 Å². The quantitative estimate of drug-likeness (QED) is 0.824. The molecule has 3 nitrogen and oxygen atoms in total. The molecule has 1 unspecified atom stereocenters. The average molecular weight is 270 g/mol. The highest BCUT2D eigenvalue weighted by Gasteiger charge is 2.35. The molecule has 1 atom stereocenters. The van der Waals surface area contributed by atoms with Crippen LogP contribution in [0, 0.1) is 0 Å². The summed E-state index contributed by atoms with van der Waals surface area (Å²) in [4.78, 5) is 3.86. The minimum atomic E-state index is -4.46. The van der Waals surface area contributed by atoms with Crippen molar-refractivity contribution < 1.29 is 18.3 Å². The zero-order valence-electron chi connectivity index (χ0n) is 10.4. The van der Waals surface area contributed by atoms with Crippen molar-refractivity contribution in [3.63, 3.8) is 0 Å². The minimum absolute atomic E-state index is 0.0310. The van der Waals surface area contributed by atoms with Gasteiger partial charge in [0.1, 0.15) is 5.84 Å². The molecule has 0 saturated heterocycles. The lowest BCUT2D eigenvalue weighted by molar-refractivity contribution is -0.137. The van der Waals surface area contributed by atoms with E-state index in [0.717, 1.165) is 6.07 Å². The highest BCUT2D eigenvalue weighted by Crippen LogP contribution is 2.32. The van der Waals surface area contributed by atoms with Crippen molar-refractivity contribution in [2.24, 2.45) is 4.99 Å². The van der Waals surface area contributed by atoms with Gasteiger partial charge in [0, 0.05) is 11.3 Å². The molecule has 1 heterocycles. The third-order valence-electron chi connectivity index (χ3n) is 3.02. The zero-order valence-corrected chi connectivity index (χ0v) is 10.4. The molecule has 2 rings (SSSR count). The maximum Gasteiger partial charge on any atom is 0.417 e. The van der Waals surface area contributed by atoms with E-state index < -0.39 is 18.0 Å². The van der Waals surface area contributed by atoms with Gasteiger partial charge in [-0.3, -0.25) is 0 Å². The highest BCUT2D eigenvalue weighted by molar-refractivity contribution is 6.02. The summed E-state index contributed by atoms with van der Waals surface area (Å²) in [5, 5.41) is 12.5. The molecule has 0 aromatic heterocycles. The number of allylic oxidation sites excluding steroid dienone is 1. The monoisotopic (exact) mass is 270 g/mol. The summed E-state index contributed by atoms with van der Waals surface area (Å²) in [5.74, 6) is 0.0310. The van der Waals surface area contributed by atoms with Crippen LogP contribution in [0.5, 0.6) is 0 Å². The zero-order chi connectivity index (χ0) is 14.2. The smallest absolute Gasteiger partial charge is 0.368 e. The second-order valence-corrected chi connectivity index (χ2v) is 4.33. The van der Waals surface area contributed by atoms with Crippen molar-refractivity contribution in [1.29, 1.82) is 0 Å². The lowest BCUT2D eigenvalue weighted by Crippen LogP contribution is -2.33. The van der Waals surface area contributed by atoms with E-state index in [2.05, 4.69) is 10.3 Å². The number of aliphatic hydroxyl groups is 1. The summed E-state index contributed by atoms with van der Waals surface area (Å²) < 4.78 is 38.8. The van der Waals surface area contributed by atoms with Crippen LogP contribution in [0.2, 0.25) is 0 Å². The number of halogens is 3. The molecule has 2 N–H and O–H groups in total. The van der Waals surface area contributed by atoms with E-state index in [1.807, 2.05) is 0 Å². The summed E-state index contributed by atoms with van der Waals surface area (Å²) in [6.07, 6.45) is -5.58. The predicted molar refractivity (Wildman–Crippen MR) is 65.5 cm³/mol. The number of rotatable bonds is 1. The van der Waals surface area contributed by atoms with Crippen molar-refractivity contribution >= 4 is 5.84 Å². The first-order chi connectivity index (χ1) is 8.80. The predicted octanol–water partition coefficient (Wildman–Crippen LogP) is 2.67. The van der Waals surface area contributed by atoms with E-state index in [1.165, 1.54) is 18.2 Å². The van der Waals surface area contributed by atoms with E-state index in [1.54, 1.807) is 13.8 Å². The van der Waals surface area contributed by atoms with Gasteiger partial charge in [-0.15, -0.1) is 0 Å². The third-order valence-corrected chi connectivity index (χ3v) is 3.02. The van der Waals surface area contributed by atoms with Crippen LogP contribution in [0.4, 0.5) is 13.2 Å². The van der Waals surface area contributed by atoms with Gasteiger partial charge in [-0.25, -0.2) is 4.99 Å². The SMILES string of the molecule is CC1=C(C)C(O)N=C(c2ccccc2C(F)(F)F)N1. The molecule has 0 bridgehead atoms.